The highest BCUT2D eigenvalue weighted by Gasteiger charge is 2.20. The molecule has 0 nitrogen and oxygen atoms in total. The smallest absolute Gasteiger partial charge is 0.108 e. The fraction of sp³-hybridized carbons (Fsp3) is 0.385. The van der Waals surface area contributed by atoms with Crippen LogP contribution in [0.5, 0.6) is 0 Å². The molecule has 142 valence electrons. The first-order chi connectivity index (χ1) is 13.2. The van der Waals surface area contributed by atoms with Crippen molar-refractivity contribution in [3.05, 3.63) is 83.2 Å². The summed E-state index contributed by atoms with van der Waals surface area (Å²) in [6.07, 6.45) is 11.6. The van der Waals surface area contributed by atoms with Crippen LogP contribution in [0.1, 0.15) is 69.4 Å². The maximum Gasteiger partial charge on any atom is 0.108 e. The lowest BCUT2D eigenvalue weighted by Gasteiger charge is -2.19. The molecule has 2 aromatic rings. The third kappa shape index (κ3) is 5.19. The van der Waals surface area contributed by atoms with E-state index in [0.717, 1.165) is 31.2 Å². The number of allylic oxidation sites excluding steroid dienone is 4. The summed E-state index contributed by atoms with van der Waals surface area (Å²) in [5.41, 5.74) is 6.03. The average Bonchev–Trinajstić information content (AvgIpc) is 2.69. The molecule has 1 aliphatic carbocycles. The molecule has 0 aliphatic heterocycles. The fourth-order valence-corrected chi connectivity index (χ4v) is 3.83. The van der Waals surface area contributed by atoms with Crippen LogP contribution in [-0.4, -0.2) is 0 Å². The first-order valence-electron chi connectivity index (χ1n) is 10.5. The number of benzene rings is 2. The molecule has 0 saturated carbocycles. The molecule has 2 aromatic carbocycles. The van der Waals surface area contributed by atoms with Crippen molar-refractivity contribution in [2.45, 2.75) is 64.7 Å². The third-order valence-electron chi connectivity index (χ3n) is 5.48. The molecule has 27 heavy (non-hydrogen) atoms. The Kier molecular flexibility index (Phi) is 7.04. The molecule has 0 radical (unpaired) electrons. The summed E-state index contributed by atoms with van der Waals surface area (Å²) in [7, 11) is 0. The van der Waals surface area contributed by atoms with Crippen molar-refractivity contribution < 1.29 is 4.39 Å². The molecule has 0 N–H and O–H groups in total. The van der Waals surface area contributed by atoms with Gasteiger partial charge in [-0.3, -0.25) is 0 Å². The van der Waals surface area contributed by atoms with E-state index < -0.39 is 0 Å². The molecule has 1 aliphatic rings. The first kappa shape index (κ1) is 19.6. The molecule has 0 bridgehead atoms. The fourth-order valence-electron chi connectivity index (χ4n) is 3.83. The molecule has 0 fully saturated rings. The molecule has 3 rings (SSSR count). The van der Waals surface area contributed by atoms with Crippen LogP contribution in [0.15, 0.2) is 72.1 Å². The van der Waals surface area contributed by atoms with E-state index in [4.69, 9.17) is 0 Å². The second-order valence-electron chi connectivity index (χ2n) is 7.62. The molecule has 1 heteroatoms. The Labute approximate surface area is 163 Å². The second kappa shape index (κ2) is 9.69. The highest BCUT2D eigenvalue weighted by atomic mass is 19.1. The Hall–Kier alpha value is -2.15. The zero-order valence-corrected chi connectivity index (χ0v) is 16.7. The summed E-state index contributed by atoms with van der Waals surface area (Å²) in [5.74, 6) is -0.110. The summed E-state index contributed by atoms with van der Waals surface area (Å²) >= 11 is 0. The average molecular weight is 363 g/mol. The SMILES string of the molecule is CCCCCC1=CCC(c2ccc(-c3ccc(CCC)cc3)cc2)C(F)=C1. The summed E-state index contributed by atoms with van der Waals surface area (Å²) in [6, 6.07) is 17.2. The molecule has 0 spiro atoms. The Morgan fingerprint density at radius 3 is 2.07 bits per heavy atom. The summed E-state index contributed by atoms with van der Waals surface area (Å²) < 4.78 is 14.7. The van der Waals surface area contributed by atoms with Gasteiger partial charge in [-0.2, -0.15) is 0 Å². The van der Waals surface area contributed by atoms with Gasteiger partial charge in [0.05, 0.1) is 0 Å². The maximum absolute atomic E-state index is 14.7. The van der Waals surface area contributed by atoms with Crippen LogP contribution < -0.4 is 0 Å². The zero-order chi connectivity index (χ0) is 19.1. The van der Waals surface area contributed by atoms with Gasteiger partial charge < -0.3 is 0 Å². The molecule has 1 unspecified atom stereocenters. The van der Waals surface area contributed by atoms with Gasteiger partial charge in [-0.25, -0.2) is 4.39 Å². The van der Waals surface area contributed by atoms with E-state index in [-0.39, 0.29) is 11.7 Å². The van der Waals surface area contributed by atoms with Gasteiger partial charge in [0.1, 0.15) is 5.83 Å². The number of rotatable bonds is 8. The Morgan fingerprint density at radius 2 is 1.48 bits per heavy atom. The van der Waals surface area contributed by atoms with Crippen LogP contribution in [0.25, 0.3) is 11.1 Å². The van der Waals surface area contributed by atoms with Crippen LogP contribution in [0.3, 0.4) is 0 Å². The van der Waals surface area contributed by atoms with Gasteiger partial charge in [-0.05, 0) is 59.6 Å². The van der Waals surface area contributed by atoms with Gasteiger partial charge in [-0.15, -0.1) is 0 Å². The lowest BCUT2D eigenvalue weighted by Crippen LogP contribution is -2.03. The van der Waals surface area contributed by atoms with Crippen LogP contribution in [0, 0.1) is 0 Å². The van der Waals surface area contributed by atoms with E-state index in [1.165, 1.54) is 41.5 Å². The molecule has 0 heterocycles. The zero-order valence-electron chi connectivity index (χ0n) is 16.7. The summed E-state index contributed by atoms with van der Waals surface area (Å²) in [5, 5.41) is 0. The van der Waals surface area contributed by atoms with Crippen molar-refractivity contribution in [3.63, 3.8) is 0 Å². The highest BCUT2D eigenvalue weighted by molar-refractivity contribution is 5.64. The topological polar surface area (TPSA) is 0 Å². The van der Waals surface area contributed by atoms with Gasteiger partial charge in [0.2, 0.25) is 0 Å². The Morgan fingerprint density at radius 1 is 0.815 bits per heavy atom. The number of halogens is 1. The standard InChI is InChI=1S/C26H31F/c1-3-5-6-8-21-11-18-25(26(27)19-21)24-16-14-23(15-17-24)22-12-9-20(7-4-2)10-13-22/h9-17,19,25H,3-8,18H2,1-2H3. The minimum atomic E-state index is -0.124. The van der Waals surface area contributed by atoms with E-state index >= 15 is 0 Å². The number of hydrogen-bond acceptors (Lipinski definition) is 0. The molecule has 0 saturated heterocycles. The van der Waals surface area contributed by atoms with Crippen LogP contribution >= 0.6 is 0 Å². The molecular weight excluding hydrogens is 331 g/mol. The van der Waals surface area contributed by atoms with E-state index in [2.05, 4.69) is 68.5 Å². The van der Waals surface area contributed by atoms with E-state index in [9.17, 15) is 4.39 Å². The van der Waals surface area contributed by atoms with Gasteiger partial charge in [-0.1, -0.05) is 87.7 Å². The lowest BCUT2D eigenvalue weighted by molar-refractivity contribution is 0.535. The minimum absolute atomic E-state index is 0.0145. The van der Waals surface area contributed by atoms with Gasteiger partial charge >= 0.3 is 0 Å². The van der Waals surface area contributed by atoms with E-state index in [0.29, 0.717) is 0 Å². The van der Waals surface area contributed by atoms with Gasteiger partial charge in [0, 0.05) is 5.92 Å². The number of hydrogen-bond donors (Lipinski definition) is 0. The quantitative estimate of drug-likeness (QED) is 0.416. The van der Waals surface area contributed by atoms with Crippen molar-refractivity contribution >= 4 is 0 Å². The summed E-state index contributed by atoms with van der Waals surface area (Å²) in [6.45, 7) is 4.40. The largest absolute Gasteiger partial charge is 0.211 e. The van der Waals surface area contributed by atoms with Crippen LogP contribution in [0.2, 0.25) is 0 Å². The highest BCUT2D eigenvalue weighted by Crippen LogP contribution is 2.36. The van der Waals surface area contributed by atoms with Crippen molar-refractivity contribution in [3.8, 4) is 11.1 Å². The predicted octanol–water partition coefficient (Wildman–Crippen LogP) is 8.15. The minimum Gasteiger partial charge on any atom is -0.211 e. The monoisotopic (exact) mass is 362 g/mol. The van der Waals surface area contributed by atoms with Crippen LogP contribution in [0.4, 0.5) is 4.39 Å². The Balaban J connectivity index is 1.66. The molecule has 0 amide bonds. The first-order valence-corrected chi connectivity index (χ1v) is 10.5. The van der Waals surface area contributed by atoms with Crippen LogP contribution in [-0.2, 0) is 6.42 Å². The van der Waals surface area contributed by atoms with Gasteiger partial charge in [0.25, 0.3) is 0 Å². The van der Waals surface area contributed by atoms with Gasteiger partial charge in [0.15, 0.2) is 0 Å². The van der Waals surface area contributed by atoms with E-state index in [1.54, 1.807) is 6.08 Å². The number of aryl methyl sites for hydroxylation is 1. The second-order valence-corrected chi connectivity index (χ2v) is 7.62. The normalized spacial score (nSPS) is 16.8. The molecule has 1 atom stereocenters. The van der Waals surface area contributed by atoms with Crippen molar-refractivity contribution in [1.82, 2.24) is 0 Å². The summed E-state index contributed by atoms with van der Waals surface area (Å²) in [4.78, 5) is 0. The van der Waals surface area contributed by atoms with E-state index in [1.807, 2.05) is 0 Å². The molecular formula is C26H31F. The lowest BCUT2D eigenvalue weighted by atomic mass is 9.87. The van der Waals surface area contributed by atoms with Crippen molar-refractivity contribution in [1.29, 1.82) is 0 Å². The Bertz CT molecular complexity index is 778. The predicted molar refractivity (Wildman–Crippen MR) is 115 cm³/mol. The van der Waals surface area contributed by atoms with Crippen molar-refractivity contribution in [2.75, 3.05) is 0 Å². The third-order valence-corrected chi connectivity index (χ3v) is 5.48. The molecule has 0 aromatic heterocycles. The number of unbranched alkanes of at least 4 members (excludes halogenated alkanes) is 2. The maximum atomic E-state index is 14.7. The van der Waals surface area contributed by atoms with Crippen molar-refractivity contribution in [2.24, 2.45) is 0 Å².